The van der Waals surface area contributed by atoms with Crippen LogP contribution in [0, 0.1) is 6.92 Å². The van der Waals surface area contributed by atoms with Gasteiger partial charge in [0.1, 0.15) is 10.8 Å². The first kappa shape index (κ1) is 11.0. The van der Waals surface area contributed by atoms with Crippen molar-refractivity contribution in [3.05, 3.63) is 27.5 Å². The molecule has 0 aromatic carbocycles. The van der Waals surface area contributed by atoms with E-state index in [1.54, 1.807) is 0 Å². The number of anilines is 2. The van der Waals surface area contributed by atoms with Crippen molar-refractivity contribution in [3.8, 4) is 0 Å². The first-order valence-corrected chi connectivity index (χ1v) is 7.37. The topological polar surface area (TPSA) is 50.9 Å². The van der Waals surface area contributed by atoms with Crippen LogP contribution < -0.4 is 11.1 Å². The summed E-state index contributed by atoms with van der Waals surface area (Å²) in [6.45, 7) is 3.01. The van der Waals surface area contributed by atoms with Crippen molar-refractivity contribution in [2.45, 2.75) is 32.2 Å². The van der Waals surface area contributed by atoms with Crippen molar-refractivity contribution in [2.75, 3.05) is 11.1 Å². The first-order valence-electron chi connectivity index (χ1n) is 5.78. The summed E-state index contributed by atoms with van der Waals surface area (Å²) in [5.74, 6) is 1.38. The number of rotatable bonds is 4. The Labute approximate surface area is 109 Å². The lowest BCUT2D eigenvalue weighted by atomic mass is 10.2. The van der Waals surface area contributed by atoms with Crippen molar-refractivity contribution in [1.82, 2.24) is 4.37 Å². The van der Waals surface area contributed by atoms with E-state index in [9.17, 15) is 0 Å². The summed E-state index contributed by atoms with van der Waals surface area (Å²) < 4.78 is 4.26. The van der Waals surface area contributed by atoms with E-state index >= 15 is 0 Å². The molecule has 0 spiro atoms. The van der Waals surface area contributed by atoms with Crippen LogP contribution in [0.1, 0.15) is 34.1 Å². The van der Waals surface area contributed by atoms with Gasteiger partial charge in [-0.05, 0) is 49.3 Å². The Kier molecular flexibility index (Phi) is 2.80. The molecule has 1 aliphatic rings. The van der Waals surface area contributed by atoms with E-state index in [1.165, 1.54) is 39.7 Å². The summed E-state index contributed by atoms with van der Waals surface area (Å²) in [6, 6.07) is 4.33. The fourth-order valence-corrected chi connectivity index (χ4v) is 3.58. The van der Waals surface area contributed by atoms with Gasteiger partial charge in [0.2, 0.25) is 0 Å². The number of nitrogens with one attached hydrogen (secondary N) is 1. The molecule has 0 bridgehead atoms. The molecule has 0 atom stereocenters. The summed E-state index contributed by atoms with van der Waals surface area (Å²) in [6.07, 6.45) is 2.52. The van der Waals surface area contributed by atoms with Crippen molar-refractivity contribution < 1.29 is 0 Å². The molecule has 0 unspecified atom stereocenters. The molecule has 0 amide bonds. The van der Waals surface area contributed by atoms with Crippen LogP contribution in [-0.4, -0.2) is 4.37 Å². The van der Waals surface area contributed by atoms with Gasteiger partial charge in [0.15, 0.2) is 0 Å². The van der Waals surface area contributed by atoms with E-state index in [2.05, 4.69) is 28.7 Å². The molecule has 0 aliphatic heterocycles. The van der Waals surface area contributed by atoms with Gasteiger partial charge in [-0.3, -0.25) is 0 Å². The first-order chi connectivity index (χ1) is 8.24. The molecular formula is C12H15N3S2. The van der Waals surface area contributed by atoms with Crippen molar-refractivity contribution >= 4 is 33.7 Å². The smallest absolute Gasteiger partial charge is 0.142 e. The molecule has 1 aliphatic carbocycles. The van der Waals surface area contributed by atoms with Crippen LogP contribution in [0.3, 0.4) is 0 Å². The van der Waals surface area contributed by atoms with Gasteiger partial charge in [-0.1, -0.05) is 0 Å². The number of hydrogen-bond acceptors (Lipinski definition) is 5. The summed E-state index contributed by atoms with van der Waals surface area (Å²) in [5, 5.41) is 4.63. The Hall–Kier alpha value is -1.07. The molecule has 0 radical (unpaired) electrons. The summed E-state index contributed by atoms with van der Waals surface area (Å²) in [4.78, 5) is 2.71. The number of nitrogen functional groups attached to an aromatic ring is 1. The van der Waals surface area contributed by atoms with Gasteiger partial charge in [-0.25, -0.2) is 0 Å². The quantitative estimate of drug-likeness (QED) is 0.888. The SMILES string of the molecule is Cc1ccc(CNc2snc(N)c2C2CC2)s1. The minimum absolute atomic E-state index is 0.654. The van der Waals surface area contributed by atoms with E-state index < -0.39 is 0 Å². The second-order valence-corrected chi connectivity index (χ2v) is 6.60. The number of thiophene rings is 1. The van der Waals surface area contributed by atoms with Crippen LogP contribution in [0.5, 0.6) is 0 Å². The lowest BCUT2D eigenvalue weighted by Gasteiger charge is -2.04. The average Bonchev–Trinajstić information content (AvgIpc) is 2.95. The number of hydrogen-bond donors (Lipinski definition) is 2. The third-order valence-electron chi connectivity index (χ3n) is 2.96. The highest BCUT2D eigenvalue weighted by atomic mass is 32.1. The Balaban J connectivity index is 1.72. The Morgan fingerprint density at radius 3 is 2.94 bits per heavy atom. The third-order valence-corrected chi connectivity index (χ3v) is 4.80. The van der Waals surface area contributed by atoms with Gasteiger partial charge in [0.25, 0.3) is 0 Å². The fourth-order valence-electron chi connectivity index (χ4n) is 1.95. The molecule has 3 nitrogen and oxygen atoms in total. The highest BCUT2D eigenvalue weighted by Gasteiger charge is 2.30. The van der Waals surface area contributed by atoms with Crippen molar-refractivity contribution in [2.24, 2.45) is 0 Å². The van der Waals surface area contributed by atoms with E-state index in [0.29, 0.717) is 5.92 Å². The second kappa shape index (κ2) is 4.31. The zero-order valence-corrected chi connectivity index (χ0v) is 11.3. The van der Waals surface area contributed by atoms with E-state index in [4.69, 9.17) is 5.73 Å². The summed E-state index contributed by atoms with van der Waals surface area (Å²) >= 11 is 3.32. The highest BCUT2D eigenvalue weighted by Crippen LogP contribution is 2.47. The Bertz CT molecular complexity index is 526. The van der Waals surface area contributed by atoms with Gasteiger partial charge >= 0.3 is 0 Å². The van der Waals surface area contributed by atoms with Crippen molar-refractivity contribution in [1.29, 1.82) is 0 Å². The van der Waals surface area contributed by atoms with Gasteiger partial charge in [-0.15, -0.1) is 11.3 Å². The van der Waals surface area contributed by atoms with Gasteiger partial charge < -0.3 is 11.1 Å². The predicted octanol–water partition coefficient (Wildman–Crippen LogP) is 3.58. The number of aryl methyl sites for hydroxylation is 1. The zero-order chi connectivity index (χ0) is 11.8. The van der Waals surface area contributed by atoms with Crippen LogP contribution in [0.15, 0.2) is 12.1 Å². The fraction of sp³-hybridized carbons (Fsp3) is 0.417. The standard InChI is InChI=1S/C12H15N3S2/c1-7-2-5-9(16-7)6-14-12-10(8-3-4-8)11(13)15-17-12/h2,5,8,14H,3-4,6H2,1H3,(H2,13,15). The van der Waals surface area contributed by atoms with Crippen molar-refractivity contribution in [3.63, 3.8) is 0 Å². The minimum atomic E-state index is 0.654. The summed E-state index contributed by atoms with van der Waals surface area (Å²) in [7, 11) is 0. The highest BCUT2D eigenvalue weighted by molar-refractivity contribution is 7.12. The van der Waals surface area contributed by atoms with Gasteiger partial charge in [-0.2, -0.15) is 4.37 Å². The van der Waals surface area contributed by atoms with Gasteiger partial charge in [0.05, 0.1) is 6.54 Å². The molecule has 2 heterocycles. The number of nitrogens with two attached hydrogens (primary N) is 1. The lowest BCUT2D eigenvalue weighted by Crippen LogP contribution is -1.99. The molecule has 5 heteroatoms. The molecular weight excluding hydrogens is 250 g/mol. The Morgan fingerprint density at radius 1 is 1.47 bits per heavy atom. The molecule has 1 fully saturated rings. The number of nitrogens with zero attached hydrogens (tertiary/aromatic N) is 1. The minimum Gasteiger partial charge on any atom is -0.383 e. The molecule has 90 valence electrons. The lowest BCUT2D eigenvalue weighted by molar-refractivity contribution is 1.11. The maximum atomic E-state index is 5.92. The maximum absolute atomic E-state index is 5.92. The van der Waals surface area contributed by atoms with E-state index in [0.717, 1.165) is 17.4 Å². The molecule has 1 saturated carbocycles. The normalized spacial score (nSPS) is 15.1. The molecule has 2 aromatic rings. The largest absolute Gasteiger partial charge is 0.383 e. The maximum Gasteiger partial charge on any atom is 0.142 e. The molecule has 17 heavy (non-hydrogen) atoms. The van der Waals surface area contributed by atoms with Crippen LogP contribution in [0.25, 0.3) is 0 Å². The Morgan fingerprint density at radius 2 is 2.29 bits per heavy atom. The molecule has 2 aromatic heterocycles. The molecule has 3 rings (SSSR count). The average molecular weight is 265 g/mol. The predicted molar refractivity (Wildman–Crippen MR) is 74.9 cm³/mol. The van der Waals surface area contributed by atoms with Crippen LogP contribution in [0.4, 0.5) is 10.8 Å². The monoisotopic (exact) mass is 265 g/mol. The molecule has 3 N–H and O–H groups in total. The van der Waals surface area contributed by atoms with E-state index in [1.807, 2.05) is 11.3 Å². The second-order valence-electron chi connectivity index (χ2n) is 4.45. The molecule has 0 saturated heterocycles. The summed E-state index contributed by atoms with van der Waals surface area (Å²) in [5.41, 5.74) is 7.17. The van der Waals surface area contributed by atoms with Crippen LogP contribution in [-0.2, 0) is 6.54 Å². The number of aromatic nitrogens is 1. The van der Waals surface area contributed by atoms with Gasteiger partial charge in [0, 0.05) is 15.3 Å². The van der Waals surface area contributed by atoms with Crippen LogP contribution in [0.2, 0.25) is 0 Å². The van der Waals surface area contributed by atoms with Crippen LogP contribution >= 0.6 is 22.9 Å². The van der Waals surface area contributed by atoms with E-state index in [-0.39, 0.29) is 0 Å². The third kappa shape index (κ3) is 2.30. The zero-order valence-electron chi connectivity index (χ0n) is 9.69.